The topological polar surface area (TPSA) is 84.7 Å². The van der Waals surface area contributed by atoms with Crippen LogP contribution in [0.1, 0.15) is 72.5 Å². The Bertz CT molecular complexity index is 1400. The molecule has 0 saturated carbocycles. The number of unbranched alkanes of at least 4 members (excludes halogenated alkanes) is 2. The van der Waals surface area contributed by atoms with Crippen LogP contribution in [0.3, 0.4) is 0 Å². The van der Waals surface area contributed by atoms with Crippen molar-refractivity contribution in [2.45, 2.75) is 59.0 Å². The zero-order chi connectivity index (χ0) is 28.6. The number of carbonyl (C=O) groups excluding carboxylic acids is 3. The molecule has 1 aromatic heterocycles. The summed E-state index contributed by atoms with van der Waals surface area (Å²) in [5.41, 5.74) is 3.22. The lowest BCUT2D eigenvalue weighted by atomic mass is 10.1. The van der Waals surface area contributed by atoms with Crippen LogP contribution in [-0.2, 0) is 29.0 Å². The molecule has 9 heteroatoms. The molecule has 2 aromatic carbocycles. The molecule has 1 fully saturated rings. The van der Waals surface area contributed by atoms with Gasteiger partial charge >= 0.3 is 12.0 Å². The second-order valence-corrected chi connectivity index (χ2v) is 10.2. The van der Waals surface area contributed by atoms with E-state index in [1.165, 1.54) is 16.9 Å². The van der Waals surface area contributed by atoms with Crippen LogP contribution >= 0.6 is 11.6 Å². The van der Waals surface area contributed by atoms with Crippen molar-refractivity contribution in [3.8, 4) is 0 Å². The molecule has 1 aliphatic heterocycles. The minimum absolute atomic E-state index is 0.185. The predicted octanol–water partition coefficient (Wildman–Crippen LogP) is 6.32. The third kappa shape index (κ3) is 6.45. The number of carbonyl (C=O) groups is 3. The largest absolute Gasteiger partial charge is 0.465 e. The molecule has 0 radical (unpaired) electrons. The zero-order valence-electron chi connectivity index (χ0n) is 23.2. The van der Waals surface area contributed by atoms with E-state index in [1.54, 1.807) is 30.5 Å². The Balaban J connectivity index is 1.73. The van der Waals surface area contributed by atoms with Crippen LogP contribution in [0.25, 0.3) is 6.08 Å². The third-order valence-electron chi connectivity index (χ3n) is 6.96. The summed E-state index contributed by atoms with van der Waals surface area (Å²) in [5, 5.41) is 0.538. The van der Waals surface area contributed by atoms with Gasteiger partial charge in [0.2, 0.25) is 0 Å². The van der Waals surface area contributed by atoms with Crippen LogP contribution in [0.15, 0.2) is 60.4 Å². The molecule has 3 aromatic rings. The number of methoxy groups -OCH3 is 1. The van der Waals surface area contributed by atoms with Gasteiger partial charge in [-0.2, -0.15) is 0 Å². The smallest absolute Gasteiger partial charge is 0.337 e. The second kappa shape index (κ2) is 13.4. The molecule has 0 atom stereocenters. The summed E-state index contributed by atoms with van der Waals surface area (Å²) in [5.74, 6) is 0.178. The fraction of sp³-hybridized carbons (Fsp3) is 0.355. The lowest BCUT2D eigenvalue weighted by molar-refractivity contribution is -0.123. The highest BCUT2D eigenvalue weighted by Crippen LogP contribution is 2.29. The minimum atomic E-state index is -0.390. The Kier molecular flexibility index (Phi) is 9.77. The maximum Gasteiger partial charge on any atom is 0.337 e. The number of benzene rings is 2. The molecule has 3 amide bonds. The number of nitrogens with zero attached hydrogens (tertiary/aromatic N) is 4. The predicted molar refractivity (Wildman–Crippen MR) is 155 cm³/mol. The summed E-state index contributed by atoms with van der Waals surface area (Å²) in [4.78, 5) is 46.4. The van der Waals surface area contributed by atoms with E-state index in [4.69, 9.17) is 16.3 Å². The molecule has 1 aliphatic rings. The molecule has 0 bridgehead atoms. The molecule has 8 nitrogen and oxygen atoms in total. The number of ether oxygens (including phenoxy) is 1. The standard InChI is InChI=1S/C31H35ClN4O4/c1-4-6-12-28-33-19-25(35(28)20-22-13-15-23(16-14-22)30(38)40-3)18-27-29(37)34(17-7-5-2)31(39)36(27)21-24-10-8-9-11-26(24)32/h8-11,13-16,18-19H,4-7,12,17,20-21H2,1-3H3. The van der Waals surface area contributed by atoms with Crippen molar-refractivity contribution in [2.75, 3.05) is 13.7 Å². The van der Waals surface area contributed by atoms with E-state index in [-0.39, 0.29) is 24.5 Å². The highest BCUT2D eigenvalue weighted by Gasteiger charge is 2.41. The van der Waals surface area contributed by atoms with Gasteiger partial charge < -0.3 is 9.30 Å². The van der Waals surface area contributed by atoms with Crippen LogP contribution in [0, 0.1) is 0 Å². The van der Waals surface area contributed by atoms with Crippen molar-refractivity contribution in [1.82, 2.24) is 19.4 Å². The first-order chi connectivity index (χ1) is 19.4. The normalized spacial score (nSPS) is 14.4. The van der Waals surface area contributed by atoms with Crippen LogP contribution in [0.4, 0.5) is 4.79 Å². The van der Waals surface area contributed by atoms with Gasteiger partial charge in [0.15, 0.2) is 0 Å². The van der Waals surface area contributed by atoms with Gasteiger partial charge in [-0.1, -0.05) is 68.6 Å². The molecular weight excluding hydrogens is 528 g/mol. The van der Waals surface area contributed by atoms with Crippen LogP contribution < -0.4 is 0 Å². The van der Waals surface area contributed by atoms with Crippen LogP contribution in [0.2, 0.25) is 5.02 Å². The van der Waals surface area contributed by atoms with E-state index in [9.17, 15) is 14.4 Å². The number of halogens is 1. The molecule has 1 saturated heterocycles. The van der Waals surface area contributed by atoms with Crippen molar-refractivity contribution >= 4 is 35.6 Å². The monoisotopic (exact) mass is 562 g/mol. The molecular formula is C31H35ClN4O4. The Hall–Kier alpha value is -3.91. The molecule has 2 heterocycles. The van der Waals surface area contributed by atoms with E-state index in [1.807, 2.05) is 37.3 Å². The van der Waals surface area contributed by atoms with E-state index in [0.717, 1.165) is 54.7 Å². The zero-order valence-corrected chi connectivity index (χ0v) is 24.0. The SMILES string of the molecule is CCCCc1ncc(C=C2C(=O)N(CCCC)C(=O)N2Cc2ccccc2Cl)n1Cc1ccc(C(=O)OC)cc1. The number of amides is 3. The molecule has 0 N–H and O–H groups in total. The third-order valence-corrected chi connectivity index (χ3v) is 7.33. The summed E-state index contributed by atoms with van der Waals surface area (Å²) in [6.07, 6.45) is 7.86. The number of imidazole rings is 1. The van der Waals surface area contributed by atoms with Gasteiger partial charge in [-0.3, -0.25) is 14.6 Å². The van der Waals surface area contributed by atoms with Gasteiger partial charge in [0.05, 0.1) is 31.1 Å². The highest BCUT2D eigenvalue weighted by molar-refractivity contribution is 6.31. The minimum Gasteiger partial charge on any atom is -0.465 e. The number of imide groups is 1. The van der Waals surface area contributed by atoms with Crippen molar-refractivity contribution in [3.05, 3.63) is 93.7 Å². The van der Waals surface area contributed by atoms with Gasteiger partial charge in [0.25, 0.3) is 5.91 Å². The summed E-state index contributed by atoms with van der Waals surface area (Å²) in [7, 11) is 1.36. The quantitative estimate of drug-likeness (QED) is 0.146. The maximum atomic E-state index is 13.6. The van der Waals surface area contributed by atoms with E-state index in [2.05, 4.69) is 16.5 Å². The number of hydrogen-bond acceptors (Lipinski definition) is 5. The van der Waals surface area contributed by atoms with Gasteiger partial charge in [-0.25, -0.2) is 14.6 Å². The van der Waals surface area contributed by atoms with Gasteiger partial charge in [0.1, 0.15) is 11.5 Å². The average Bonchev–Trinajstić information content (AvgIpc) is 3.44. The first-order valence-electron chi connectivity index (χ1n) is 13.7. The van der Waals surface area contributed by atoms with Gasteiger partial charge in [-0.05, 0) is 48.2 Å². The van der Waals surface area contributed by atoms with E-state index < -0.39 is 0 Å². The van der Waals surface area contributed by atoms with Crippen molar-refractivity contribution in [3.63, 3.8) is 0 Å². The fourth-order valence-corrected chi connectivity index (χ4v) is 4.84. The number of esters is 1. The maximum absolute atomic E-state index is 13.6. The van der Waals surface area contributed by atoms with Crippen LogP contribution in [-0.4, -0.2) is 50.9 Å². The molecule has 0 unspecified atom stereocenters. The van der Waals surface area contributed by atoms with Gasteiger partial charge in [-0.15, -0.1) is 0 Å². The molecule has 0 aliphatic carbocycles. The molecule has 0 spiro atoms. The fourth-order valence-electron chi connectivity index (χ4n) is 4.64. The average molecular weight is 563 g/mol. The highest BCUT2D eigenvalue weighted by atomic mass is 35.5. The van der Waals surface area contributed by atoms with Crippen molar-refractivity contribution < 1.29 is 19.1 Å². The van der Waals surface area contributed by atoms with E-state index >= 15 is 0 Å². The lowest BCUT2D eigenvalue weighted by Crippen LogP contribution is -2.33. The van der Waals surface area contributed by atoms with E-state index in [0.29, 0.717) is 29.4 Å². The first-order valence-corrected chi connectivity index (χ1v) is 14.1. The number of aromatic nitrogens is 2. The van der Waals surface area contributed by atoms with Gasteiger partial charge in [0, 0.05) is 24.5 Å². The lowest BCUT2D eigenvalue weighted by Gasteiger charge is -2.18. The Morgan fingerprint density at radius 3 is 2.38 bits per heavy atom. The number of urea groups is 1. The number of hydrogen-bond donors (Lipinski definition) is 0. The first kappa shape index (κ1) is 29.1. The summed E-state index contributed by atoms with van der Waals surface area (Å²) in [6, 6.07) is 14.2. The van der Waals surface area contributed by atoms with Crippen molar-refractivity contribution in [2.24, 2.45) is 0 Å². The number of rotatable bonds is 12. The Morgan fingerprint density at radius 2 is 1.70 bits per heavy atom. The molecule has 210 valence electrons. The van der Waals surface area contributed by atoms with Crippen molar-refractivity contribution in [1.29, 1.82) is 0 Å². The Morgan fingerprint density at radius 1 is 0.975 bits per heavy atom. The Labute approximate surface area is 240 Å². The van der Waals surface area contributed by atoms with Crippen LogP contribution in [0.5, 0.6) is 0 Å². The number of aryl methyl sites for hydroxylation is 1. The second-order valence-electron chi connectivity index (χ2n) is 9.78. The molecule has 40 heavy (non-hydrogen) atoms. The summed E-state index contributed by atoms with van der Waals surface area (Å²) < 4.78 is 6.88. The molecule has 4 rings (SSSR count). The summed E-state index contributed by atoms with van der Waals surface area (Å²) in [6.45, 7) is 5.19. The summed E-state index contributed by atoms with van der Waals surface area (Å²) >= 11 is 6.42.